The van der Waals surface area contributed by atoms with Gasteiger partial charge >= 0.3 is 0 Å². The van der Waals surface area contributed by atoms with Crippen LogP contribution in [0.5, 0.6) is 17.2 Å². The number of imide groups is 1. The van der Waals surface area contributed by atoms with Crippen LogP contribution in [-0.4, -0.2) is 48.3 Å². The Labute approximate surface area is 235 Å². The van der Waals surface area contributed by atoms with Crippen LogP contribution in [0.25, 0.3) is 6.08 Å². The number of para-hydroxylation sites is 1. The van der Waals surface area contributed by atoms with Gasteiger partial charge in [-0.2, -0.15) is 0 Å². The number of halogens is 1. The zero-order valence-electron chi connectivity index (χ0n) is 21.4. The summed E-state index contributed by atoms with van der Waals surface area (Å²) >= 11 is 6.74. The molecule has 202 valence electrons. The molecule has 0 aliphatic carbocycles. The summed E-state index contributed by atoms with van der Waals surface area (Å²) in [6.45, 7) is 4.19. The molecule has 1 fully saturated rings. The first kappa shape index (κ1) is 28.1. The van der Waals surface area contributed by atoms with Crippen molar-refractivity contribution in [1.82, 2.24) is 4.90 Å². The summed E-state index contributed by atoms with van der Waals surface area (Å²) in [5.41, 5.74) is 2.32. The predicted molar refractivity (Wildman–Crippen MR) is 153 cm³/mol. The Hall–Kier alpha value is -3.95. The number of nitrogens with one attached hydrogen (secondary N) is 1. The molecule has 3 amide bonds. The molecule has 0 spiro atoms. The molecule has 1 N–H and O–H groups in total. The average molecular weight is 567 g/mol. The molecule has 10 heteroatoms. The molecule has 4 rings (SSSR count). The van der Waals surface area contributed by atoms with E-state index in [0.717, 1.165) is 27.9 Å². The van der Waals surface area contributed by atoms with Gasteiger partial charge in [0.25, 0.3) is 17.1 Å². The van der Waals surface area contributed by atoms with Crippen molar-refractivity contribution < 1.29 is 28.6 Å². The van der Waals surface area contributed by atoms with Crippen LogP contribution in [0.1, 0.15) is 18.1 Å². The molecular formula is C29H27ClN2O6S. The van der Waals surface area contributed by atoms with E-state index in [4.69, 9.17) is 25.8 Å². The van der Waals surface area contributed by atoms with Crippen molar-refractivity contribution in [1.29, 1.82) is 0 Å². The van der Waals surface area contributed by atoms with E-state index in [1.807, 2.05) is 38.1 Å². The molecule has 1 aliphatic heterocycles. The molecule has 39 heavy (non-hydrogen) atoms. The fourth-order valence-corrected chi connectivity index (χ4v) is 4.67. The van der Waals surface area contributed by atoms with Crippen LogP contribution in [0.15, 0.2) is 71.6 Å². The van der Waals surface area contributed by atoms with Crippen LogP contribution < -0.4 is 19.5 Å². The summed E-state index contributed by atoms with van der Waals surface area (Å²) in [4.78, 5) is 39.2. The molecule has 3 aromatic carbocycles. The fourth-order valence-electron chi connectivity index (χ4n) is 3.67. The Bertz CT molecular complexity index is 1390. The second-order valence-electron chi connectivity index (χ2n) is 8.43. The second kappa shape index (κ2) is 13.2. The van der Waals surface area contributed by atoms with E-state index in [9.17, 15) is 14.4 Å². The topological polar surface area (TPSA) is 94.2 Å². The van der Waals surface area contributed by atoms with E-state index in [1.54, 1.807) is 48.5 Å². The van der Waals surface area contributed by atoms with Crippen molar-refractivity contribution in [3.8, 4) is 17.2 Å². The molecule has 0 aromatic heterocycles. The van der Waals surface area contributed by atoms with Crippen molar-refractivity contribution in [2.24, 2.45) is 0 Å². The number of nitrogens with zero attached hydrogens (tertiary/aromatic N) is 1. The minimum Gasteiger partial charge on any atom is -0.492 e. The maximum Gasteiger partial charge on any atom is 0.293 e. The van der Waals surface area contributed by atoms with E-state index in [0.29, 0.717) is 39.3 Å². The highest BCUT2D eigenvalue weighted by Gasteiger charge is 2.34. The maximum atomic E-state index is 12.9. The van der Waals surface area contributed by atoms with Crippen LogP contribution in [-0.2, 0) is 9.59 Å². The molecular weight excluding hydrogens is 540 g/mol. The first-order chi connectivity index (χ1) is 18.8. The number of amides is 3. The van der Waals surface area contributed by atoms with Gasteiger partial charge in [0.05, 0.1) is 18.1 Å². The largest absolute Gasteiger partial charge is 0.492 e. The van der Waals surface area contributed by atoms with Gasteiger partial charge < -0.3 is 19.5 Å². The highest BCUT2D eigenvalue weighted by molar-refractivity contribution is 8.18. The van der Waals surface area contributed by atoms with Crippen LogP contribution in [0.4, 0.5) is 10.5 Å². The van der Waals surface area contributed by atoms with Crippen molar-refractivity contribution in [3.63, 3.8) is 0 Å². The lowest BCUT2D eigenvalue weighted by Crippen LogP contribution is -2.32. The Balaban J connectivity index is 1.38. The van der Waals surface area contributed by atoms with Crippen LogP contribution >= 0.6 is 23.4 Å². The fraction of sp³-hybridized carbons (Fsp3) is 0.207. The number of ether oxygens (including phenoxy) is 3. The SMILES string of the molecule is CCOc1cc(/C=C2\SC(=O)N(CCOc3ccc(Cl)cc3)C2=O)ccc1OCC(=O)Nc1ccccc1C. The molecule has 8 nitrogen and oxygen atoms in total. The monoisotopic (exact) mass is 566 g/mol. The van der Waals surface area contributed by atoms with Gasteiger partial charge in [-0.1, -0.05) is 35.9 Å². The van der Waals surface area contributed by atoms with Gasteiger partial charge in [-0.05, 0) is 85.3 Å². The van der Waals surface area contributed by atoms with Gasteiger partial charge in [-0.15, -0.1) is 0 Å². The summed E-state index contributed by atoms with van der Waals surface area (Å²) in [6, 6.07) is 19.4. The molecule has 1 heterocycles. The normalized spacial score (nSPS) is 14.0. The third-order valence-electron chi connectivity index (χ3n) is 5.61. The van der Waals surface area contributed by atoms with E-state index in [1.165, 1.54) is 0 Å². The van der Waals surface area contributed by atoms with Gasteiger partial charge in [-0.25, -0.2) is 0 Å². The Morgan fingerprint density at radius 3 is 2.51 bits per heavy atom. The van der Waals surface area contributed by atoms with Gasteiger partial charge in [0.2, 0.25) is 0 Å². The average Bonchev–Trinajstić information content (AvgIpc) is 3.18. The smallest absolute Gasteiger partial charge is 0.293 e. The lowest BCUT2D eigenvalue weighted by molar-refractivity contribution is -0.123. The number of carbonyl (C=O) groups excluding carboxylic acids is 3. The van der Waals surface area contributed by atoms with E-state index in [2.05, 4.69) is 5.32 Å². The predicted octanol–water partition coefficient (Wildman–Crippen LogP) is 6.18. The number of hydrogen-bond donors (Lipinski definition) is 1. The van der Waals surface area contributed by atoms with Crippen molar-refractivity contribution in [3.05, 3.63) is 87.8 Å². The number of benzene rings is 3. The van der Waals surface area contributed by atoms with E-state index >= 15 is 0 Å². The number of carbonyl (C=O) groups is 3. The lowest BCUT2D eigenvalue weighted by atomic mass is 10.2. The zero-order chi connectivity index (χ0) is 27.8. The van der Waals surface area contributed by atoms with Crippen LogP contribution in [0.2, 0.25) is 5.02 Å². The zero-order valence-corrected chi connectivity index (χ0v) is 23.0. The van der Waals surface area contributed by atoms with Crippen molar-refractivity contribution >= 4 is 52.2 Å². The van der Waals surface area contributed by atoms with Crippen LogP contribution in [0, 0.1) is 6.92 Å². The Morgan fingerprint density at radius 2 is 1.77 bits per heavy atom. The molecule has 0 saturated carbocycles. The van der Waals surface area contributed by atoms with Gasteiger partial charge in [-0.3, -0.25) is 19.3 Å². The molecule has 1 aliphatic rings. The number of anilines is 1. The van der Waals surface area contributed by atoms with Gasteiger partial charge in [0, 0.05) is 10.7 Å². The summed E-state index contributed by atoms with van der Waals surface area (Å²) in [5.74, 6) is 0.715. The molecule has 0 radical (unpaired) electrons. The van der Waals surface area contributed by atoms with Gasteiger partial charge in [0.15, 0.2) is 18.1 Å². The number of thioether (sulfide) groups is 1. The standard InChI is InChI=1S/C29H27ClN2O6S/c1-3-36-25-16-20(8-13-24(25)38-18-27(33)31-23-7-5-4-6-19(23)2)17-26-28(34)32(29(35)39-26)14-15-37-22-11-9-21(30)10-12-22/h4-13,16-17H,3,14-15,18H2,1-2H3,(H,31,33)/b26-17-. The number of rotatable bonds is 11. The molecule has 0 atom stereocenters. The molecule has 3 aromatic rings. The van der Waals surface area contributed by atoms with E-state index in [-0.39, 0.29) is 30.9 Å². The quantitative estimate of drug-likeness (QED) is 0.277. The maximum absolute atomic E-state index is 12.9. The number of aryl methyl sites for hydroxylation is 1. The lowest BCUT2D eigenvalue weighted by Gasteiger charge is -2.14. The second-order valence-corrected chi connectivity index (χ2v) is 9.86. The summed E-state index contributed by atoms with van der Waals surface area (Å²) in [5, 5.41) is 3.05. The van der Waals surface area contributed by atoms with E-state index < -0.39 is 5.91 Å². The first-order valence-electron chi connectivity index (χ1n) is 12.2. The summed E-state index contributed by atoms with van der Waals surface area (Å²) < 4.78 is 17.0. The first-order valence-corrected chi connectivity index (χ1v) is 13.4. The third kappa shape index (κ3) is 7.55. The highest BCUT2D eigenvalue weighted by atomic mass is 35.5. The van der Waals surface area contributed by atoms with Gasteiger partial charge in [0.1, 0.15) is 12.4 Å². The Kier molecular flexibility index (Phi) is 9.51. The minimum absolute atomic E-state index is 0.117. The molecule has 0 unspecified atom stereocenters. The third-order valence-corrected chi connectivity index (χ3v) is 6.77. The number of hydrogen-bond acceptors (Lipinski definition) is 7. The van der Waals surface area contributed by atoms with Crippen molar-refractivity contribution in [2.45, 2.75) is 13.8 Å². The molecule has 1 saturated heterocycles. The molecule has 0 bridgehead atoms. The Morgan fingerprint density at radius 1 is 1.00 bits per heavy atom. The highest BCUT2D eigenvalue weighted by Crippen LogP contribution is 2.34. The van der Waals surface area contributed by atoms with Crippen LogP contribution in [0.3, 0.4) is 0 Å². The minimum atomic E-state index is -0.393. The summed E-state index contributed by atoms with van der Waals surface area (Å²) in [6.07, 6.45) is 1.63. The summed E-state index contributed by atoms with van der Waals surface area (Å²) in [7, 11) is 0. The van der Waals surface area contributed by atoms with Crippen molar-refractivity contribution in [2.75, 3.05) is 31.7 Å².